The van der Waals surface area contributed by atoms with Crippen LogP contribution in [0.4, 0.5) is 5.69 Å². The first-order valence-electron chi connectivity index (χ1n) is 10.7. The molecule has 8 heteroatoms. The van der Waals surface area contributed by atoms with Crippen molar-refractivity contribution in [1.29, 1.82) is 0 Å². The van der Waals surface area contributed by atoms with E-state index in [9.17, 15) is 9.59 Å². The third-order valence-corrected chi connectivity index (χ3v) is 5.15. The van der Waals surface area contributed by atoms with E-state index in [1.54, 1.807) is 32.2 Å². The molecule has 2 amide bonds. The fraction of sp³-hybridized carbons (Fsp3) is 0.192. The van der Waals surface area contributed by atoms with Gasteiger partial charge in [0.25, 0.3) is 5.91 Å². The van der Waals surface area contributed by atoms with Crippen LogP contribution in [0.2, 0.25) is 0 Å². The lowest BCUT2D eigenvalue weighted by atomic mass is 10.1. The molecule has 1 heterocycles. The molecular weight excluding hydrogens is 434 g/mol. The average molecular weight is 460 g/mol. The smallest absolute Gasteiger partial charge is 0.277 e. The molecule has 0 aliphatic rings. The number of ether oxygens (including phenoxy) is 2. The van der Waals surface area contributed by atoms with Crippen molar-refractivity contribution in [2.24, 2.45) is 5.10 Å². The van der Waals surface area contributed by atoms with Crippen molar-refractivity contribution in [2.45, 2.75) is 20.3 Å². The summed E-state index contributed by atoms with van der Waals surface area (Å²) in [5.74, 6) is 0.386. The van der Waals surface area contributed by atoms with Crippen LogP contribution in [0.15, 0.2) is 70.2 Å². The second kappa shape index (κ2) is 10.1. The number of furan rings is 1. The van der Waals surface area contributed by atoms with E-state index in [0.29, 0.717) is 28.5 Å². The molecule has 3 aromatic carbocycles. The van der Waals surface area contributed by atoms with Crippen LogP contribution in [0.1, 0.15) is 18.9 Å². The van der Waals surface area contributed by atoms with Gasteiger partial charge in [-0.25, -0.2) is 5.43 Å². The van der Waals surface area contributed by atoms with Crippen LogP contribution in [-0.4, -0.2) is 31.2 Å². The number of aryl methyl sites for hydroxylation is 1. The third-order valence-electron chi connectivity index (χ3n) is 5.15. The van der Waals surface area contributed by atoms with Crippen LogP contribution >= 0.6 is 0 Å². The molecule has 0 saturated heterocycles. The molecule has 0 aliphatic carbocycles. The summed E-state index contributed by atoms with van der Waals surface area (Å²) in [4.78, 5) is 24.5. The Hall–Kier alpha value is -4.33. The molecule has 1 aromatic heterocycles. The van der Waals surface area contributed by atoms with Crippen LogP contribution in [0.3, 0.4) is 0 Å². The highest BCUT2D eigenvalue weighted by atomic mass is 16.5. The van der Waals surface area contributed by atoms with Crippen molar-refractivity contribution in [2.75, 3.05) is 19.0 Å². The normalized spacial score (nSPS) is 11.4. The van der Waals surface area contributed by atoms with E-state index in [2.05, 4.69) is 15.8 Å². The average Bonchev–Trinajstić information content (AvgIpc) is 3.19. The van der Waals surface area contributed by atoms with Crippen molar-refractivity contribution in [3.8, 4) is 11.5 Å². The minimum atomic E-state index is -0.419. The lowest BCUT2D eigenvalue weighted by molar-refractivity contribution is -0.123. The zero-order chi connectivity index (χ0) is 24.1. The number of nitrogens with zero attached hydrogens (tertiary/aromatic N) is 1. The number of nitrogens with one attached hydrogen (secondary N) is 2. The van der Waals surface area contributed by atoms with Crippen LogP contribution in [0.25, 0.3) is 21.9 Å². The van der Waals surface area contributed by atoms with Gasteiger partial charge in [0, 0.05) is 22.6 Å². The number of carbonyl (C=O) groups excluding carboxylic acids is 2. The maximum Gasteiger partial charge on any atom is 0.277 e. The van der Waals surface area contributed by atoms with Gasteiger partial charge in [-0.1, -0.05) is 35.9 Å². The lowest BCUT2D eigenvalue weighted by Crippen LogP contribution is -2.26. The number of para-hydroxylation sites is 1. The Morgan fingerprint density at radius 1 is 0.971 bits per heavy atom. The number of rotatable bonds is 8. The van der Waals surface area contributed by atoms with E-state index in [1.165, 1.54) is 0 Å². The maximum atomic E-state index is 12.6. The fourth-order valence-corrected chi connectivity index (χ4v) is 3.46. The van der Waals surface area contributed by atoms with Crippen LogP contribution in [-0.2, 0) is 9.59 Å². The van der Waals surface area contributed by atoms with Gasteiger partial charge in [0.05, 0.1) is 19.2 Å². The van der Waals surface area contributed by atoms with Gasteiger partial charge in [-0.2, -0.15) is 5.10 Å². The second-order valence-corrected chi connectivity index (χ2v) is 7.86. The van der Waals surface area contributed by atoms with E-state index < -0.39 is 5.91 Å². The highest BCUT2D eigenvalue weighted by Gasteiger charge is 2.14. The van der Waals surface area contributed by atoms with Crippen LogP contribution < -0.4 is 20.2 Å². The number of hydrogen-bond donors (Lipinski definition) is 2. The van der Waals surface area contributed by atoms with E-state index in [-0.39, 0.29) is 18.9 Å². The van der Waals surface area contributed by atoms with E-state index in [0.717, 1.165) is 21.9 Å². The maximum absolute atomic E-state index is 12.6. The molecular formula is C26H25N3O5. The largest absolute Gasteiger partial charge is 0.495 e. The molecule has 0 fully saturated rings. The first kappa shape index (κ1) is 22.8. The molecule has 2 N–H and O–H groups in total. The topological polar surface area (TPSA) is 102 Å². The minimum Gasteiger partial charge on any atom is -0.495 e. The Kier molecular flexibility index (Phi) is 6.77. The summed E-state index contributed by atoms with van der Waals surface area (Å²) < 4.78 is 16.8. The Bertz CT molecular complexity index is 1370. The zero-order valence-corrected chi connectivity index (χ0v) is 19.2. The summed E-state index contributed by atoms with van der Waals surface area (Å²) in [6.07, 6.45) is -0.0135. The highest BCUT2D eigenvalue weighted by Crippen LogP contribution is 2.36. The third kappa shape index (κ3) is 5.35. The summed E-state index contributed by atoms with van der Waals surface area (Å²) in [5, 5.41) is 8.68. The summed E-state index contributed by atoms with van der Waals surface area (Å²) in [6, 6.07) is 18.7. The van der Waals surface area contributed by atoms with Crippen molar-refractivity contribution in [3.63, 3.8) is 0 Å². The van der Waals surface area contributed by atoms with Crippen LogP contribution in [0.5, 0.6) is 11.5 Å². The first-order chi connectivity index (χ1) is 16.4. The minimum absolute atomic E-state index is 0.0135. The molecule has 8 nitrogen and oxygen atoms in total. The number of hydrazone groups is 1. The number of anilines is 1. The molecule has 0 saturated carbocycles. The van der Waals surface area contributed by atoms with Gasteiger partial charge in [0.15, 0.2) is 6.61 Å². The quantitative estimate of drug-likeness (QED) is 0.291. The summed E-state index contributed by atoms with van der Waals surface area (Å²) in [6.45, 7) is 3.44. The summed E-state index contributed by atoms with van der Waals surface area (Å²) in [7, 11) is 1.54. The van der Waals surface area contributed by atoms with Crippen molar-refractivity contribution in [1.82, 2.24) is 5.43 Å². The van der Waals surface area contributed by atoms with Gasteiger partial charge in [-0.3, -0.25) is 9.59 Å². The Balaban J connectivity index is 1.35. The fourth-order valence-electron chi connectivity index (χ4n) is 3.46. The van der Waals surface area contributed by atoms with Gasteiger partial charge < -0.3 is 19.2 Å². The number of hydrogen-bond acceptors (Lipinski definition) is 6. The molecule has 4 aromatic rings. The standard InChI is InChI=1S/C26H25N3O5/c1-16-8-10-18(11-9-16)33-15-26(31)29-28-17(2)12-25(30)27-21-14-23-20(13-24(21)32-3)19-6-4-5-7-22(19)34-23/h4-11,13-14H,12,15H2,1-3H3,(H,27,30)(H,29,31). The zero-order valence-electron chi connectivity index (χ0n) is 19.2. The number of carbonyl (C=O) groups is 2. The molecule has 0 bridgehead atoms. The van der Waals surface area contributed by atoms with Gasteiger partial charge in [0.1, 0.15) is 22.7 Å². The molecule has 4 rings (SSSR count). The summed E-state index contributed by atoms with van der Waals surface area (Å²) in [5.41, 5.74) is 5.82. The van der Waals surface area contributed by atoms with Gasteiger partial charge >= 0.3 is 0 Å². The Morgan fingerprint density at radius 2 is 1.74 bits per heavy atom. The molecule has 0 aliphatic heterocycles. The Labute approximate surface area is 196 Å². The molecule has 0 radical (unpaired) electrons. The number of amides is 2. The number of fused-ring (bicyclic) bond motifs is 3. The molecule has 0 spiro atoms. The molecule has 34 heavy (non-hydrogen) atoms. The van der Waals surface area contributed by atoms with E-state index >= 15 is 0 Å². The molecule has 0 atom stereocenters. The summed E-state index contributed by atoms with van der Waals surface area (Å²) >= 11 is 0. The predicted octanol–water partition coefficient (Wildman–Crippen LogP) is 4.80. The SMILES string of the molecule is COc1cc2c(cc1NC(=O)CC(C)=NNC(=O)COc1ccc(C)cc1)oc1ccccc12. The van der Waals surface area contributed by atoms with E-state index in [4.69, 9.17) is 13.9 Å². The van der Waals surface area contributed by atoms with E-state index in [1.807, 2.05) is 49.4 Å². The first-order valence-corrected chi connectivity index (χ1v) is 10.7. The number of benzene rings is 3. The highest BCUT2D eigenvalue weighted by molar-refractivity contribution is 6.10. The van der Waals surface area contributed by atoms with Gasteiger partial charge in [-0.05, 0) is 38.1 Å². The molecule has 174 valence electrons. The second-order valence-electron chi connectivity index (χ2n) is 7.86. The van der Waals surface area contributed by atoms with Crippen LogP contribution in [0, 0.1) is 6.92 Å². The van der Waals surface area contributed by atoms with Crippen molar-refractivity contribution in [3.05, 3.63) is 66.2 Å². The predicted molar refractivity (Wildman–Crippen MR) is 131 cm³/mol. The monoisotopic (exact) mass is 459 g/mol. The number of methoxy groups -OCH3 is 1. The van der Waals surface area contributed by atoms with Crippen molar-refractivity contribution >= 4 is 45.2 Å². The van der Waals surface area contributed by atoms with Crippen molar-refractivity contribution < 1.29 is 23.5 Å². The lowest BCUT2D eigenvalue weighted by Gasteiger charge is -2.10. The molecule has 0 unspecified atom stereocenters. The van der Waals surface area contributed by atoms with Gasteiger partial charge in [0.2, 0.25) is 5.91 Å². The van der Waals surface area contributed by atoms with Gasteiger partial charge in [-0.15, -0.1) is 0 Å². The Morgan fingerprint density at radius 3 is 2.50 bits per heavy atom.